The van der Waals surface area contributed by atoms with Crippen molar-refractivity contribution in [3.63, 3.8) is 0 Å². The molecule has 0 radical (unpaired) electrons. The topological polar surface area (TPSA) is 41.1 Å². The molecule has 0 spiro atoms. The van der Waals surface area contributed by atoms with Crippen molar-refractivity contribution in [2.24, 2.45) is 0 Å². The Labute approximate surface area is 124 Å². The zero-order valence-electron chi connectivity index (χ0n) is 11.7. The maximum Gasteiger partial charge on any atom is 0.220 e. The molecule has 0 aliphatic rings. The summed E-state index contributed by atoms with van der Waals surface area (Å²) in [6, 6.07) is 8.15. The Bertz CT molecular complexity index is 378. The largest absolute Gasteiger partial charge is 0.355 e. The Morgan fingerprint density at radius 1 is 1.21 bits per heavy atom. The lowest BCUT2D eigenvalue weighted by atomic mass is 9.98. The smallest absolute Gasteiger partial charge is 0.220 e. The molecule has 0 aliphatic heterocycles. The lowest BCUT2D eigenvalue weighted by Crippen LogP contribution is -2.32. The van der Waals surface area contributed by atoms with E-state index in [9.17, 15) is 4.79 Å². The van der Waals surface area contributed by atoms with Gasteiger partial charge in [-0.25, -0.2) is 0 Å². The van der Waals surface area contributed by atoms with Gasteiger partial charge in [0, 0.05) is 24.0 Å². The van der Waals surface area contributed by atoms with Crippen LogP contribution in [0.5, 0.6) is 0 Å². The SMILES string of the molecule is CCCNCCNC(=O)CC(C)c1ccc(Br)cc1. The van der Waals surface area contributed by atoms with Gasteiger partial charge in [0.1, 0.15) is 0 Å². The maximum atomic E-state index is 11.8. The molecule has 106 valence electrons. The monoisotopic (exact) mass is 326 g/mol. The summed E-state index contributed by atoms with van der Waals surface area (Å²) in [4.78, 5) is 11.8. The van der Waals surface area contributed by atoms with Crippen LogP contribution in [0.25, 0.3) is 0 Å². The third kappa shape index (κ3) is 6.73. The highest BCUT2D eigenvalue weighted by molar-refractivity contribution is 9.10. The first-order chi connectivity index (χ1) is 9.13. The number of hydrogen-bond acceptors (Lipinski definition) is 2. The van der Waals surface area contributed by atoms with E-state index in [1.165, 1.54) is 5.56 Å². The summed E-state index contributed by atoms with van der Waals surface area (Å²) in [6.07, 6.45) is 1.66. The van der Waals surface area contributed by atoms with Crippen molar-refractivity contribution < 1.29 is 4.79 Å². The van der Waals surface area contributed by atoms with Crippen molar-refractivity contribution in [2.75, 3.05) is 19.6 Å². The fourth-order valence-electron chi connectivity index (χ4n) is 1.85. The highest BCUT2D eigenvalue weighted by Gasteiger charge is 2.10. The van der Waals surface area contributed by atoms with Gasteiger partial charge in [0.15, 0.2) is 0 Å². The molecule has 1 rings (SSSR count). The van der Waals surface area contributed by atoms with Crippen LogP contribution < -0.4 is 10.6 Å². The van der Waals surface area contributed by atoms with Crippen molar-refractivity contribution in [2.45, 2.75) is 32.6 Å². The molecule has 1 aromatic rings. The van der Waals surface area contributed by atoms with Crippen LogP contribution in [0.2, 0.25) is 0 Å². The normalized spacial score (nSPS) is 12.2. The quantitative estimate of drug-likeness (QED) is 0.721. The highest BCUT2D eigenvalue weighted by atomic mass is 79.9. The lowest BCUT2D eigenvalue weighted by Gasteiger charge is -2.12. The molecule has 0 saturated heterocycles. The van der Waals surface area contributed by atoms with Gasteiger partial charge in [-0.05, 0) is 36.6 Å². The van der Waals surface area contributed by atoms with Crippen molar-refractivity contribution in [1.29, 1.82) is 0 Å². The van der Waals surface area contributed by atoms with Crippen LogP contribution in [-0.4, -0.2) is 25.5 Å². The summed E-state index contributed by atoms with van der Waals surface area (Å²) in [6.45, 7) is 6.76. The van der Waals surface area contributed by atoms with Crippen LogP contribution in [0.1, 0.15) is 38.2 Å². The molecule has 0 bridgehead atoms. The molecular weight excluding hydrogens is 304 g/mol. The van der Waals surface area contributed by atoms with E-state index >= 15 is 0 Å². The third-order valence-electron chi connectivity index (χ3n) is 2.98. The second-order valence-electron chi connectivity index (χ2n) is 4.76. The lowest BCUT2D eigenvalue weighted by molar-refractivity contribution is -0.121. The Morgan fingerprint density at radius 3 is 2.53 bits per heavy atom. The first-order valence-electron chi connectivity index (χ1n) is 6.86. The molecule has 1 aromatic carbocycles. The second kappa shape index (κ2) is 9.10. The van der Waals surface area contributed by atoms with Crippen LogP contribution in [0.4, 0.5) is 0 Å². The van der Waals surface area contributed by atoms with Gasteiger partial charge < -0.3 is 10.6 Å². The Kier molecular flexibility index (Phi) is 7.75. The molecule has 2 N–H and O–H groups in total. The van der Waals surface area contributed by atoms with E-state index in [-0.39, 0.29) is 11.8 Å². The van der Waals surface area contributed by atoms with E-state index in [1.807, 2.05) is 12.1 Å². The first kappa shape index (κ1) is 16.2. The minimum Gasteiger partial charge on any atom is -0.355 e. The standard InChI is InChI=1S/C15H23BrN2O/c1-3-8-17-9-10-18-15(19)11-12(2)13-4-6-14(16)7-5-13/h4-7,12,17H,3,8-11H2,1-2H3,(H,18,19). The fourth-order valence-corrected chi connectivity index (χ4v) is 2.12. The van der Waals surface area contributed by atoms with Gasteiger partial charge in [-0.1, -0.05) is 41.9 Å². The van der Waals surface area contributed by atoms with Gasteiger partial charge in [0.05, 0.1) is 0 Å². The third-order valence-corrected chi connectivity index (χ3v) is 3.51. The number of nitrogens with one attached hydrogen (secondary N) is 2. The van der Waals surface area contributed by atoms with Crippen molar-refractivity contribution >= 4 is 21.8 Å². The van der Waals surface area contributed by atoms with E-state index in [0.29, 0.717) is 13.0 Å². The summed E-state index contributed by atoms with van der Waals surface area (Å²) < 4.78 is 1.06. The van der Waals surface area contributed by atoms with Gasteiger partial charge >= 0.3 is 0 Å². The van der Waals surface area contributed by atoms with Gasteiger partial charge in [-0.15, -0.1) is 0 Å². The Balaban J connectivity index is 2.26. The molecule has 4 heteroatoms. The molecule has 0 saturated carbocycles. The number of carbonyl (C=O) groups excluding carboxylic acids is 1. The van der Waals surface area contributed by atoms with E-state index in [4.69, 9.17) is 0 Å². The van der Waals surface area contributed by atoms with E-state index in [0.717, 1.165) is 24.0 Å². The van der Waals surface area contributed by atoms with Crippen molar-refractivity contribution in [3.05, 3.63) is 34.3 Å². The molecule has 0 aliphatic carbocycles. The molecular formula is C15H23BrN2O. The molecule has 19 heavy (non-hydrogen) atoms. The number of hydrogen-bond donors (Lipinski definition) is 2. The second-order valence-corrected chi connectivity index (χ2v) is 5.67. The van der Waals surface area contributed by atoms with Crippen molar-refractivity contribution in [1.82, 2.24) is 10.6 Å². The summed E-state index contributed by atoms with van der Waals surface area (Å²) in [5.74, 6) is 0.366. The molecule has 0 heterocycles. The van der Waals surface area contributed by atoms with Gasteiger partial charge in [0.2, 0.25) is 5.91 Å². The van der Waals surface area contributed by atoms with Crippen LogP contribution in [0.15, 0.2) is 28.7 Å². The zero-order chi connectivity index (χ0) is 14.1. The summed E-state index contributed by atoms with van der Waals surface area (Å²) in [7, 11) is 0. The minimum absolute atomic E-state index is 0.119. The van der Waals surface area contributed by atoms with Crippen molar-refractivity contribution in [3.8, 4) is 0 Å². The zero-order valence-corrected chi connectivity index (χ0v) is 13.3. The molecule has 0 aromatic heterocycles. The molecule has 3 nitrogen and oxygen atoms in total. The summed E-state index contributed by atoms with van der Waals surface area (Å²) >= 11 is 3.41. The van der Waals surface area contributed by atoms with Crippen LogP contribution in [0, 0.1) is 0 Å². The van der Waals surface area contributed by atoms with E-state index in [2.05, 4.69) is 52.5 Å². The first-order valence-corrected chi connectivity index (χ1v) is 7.65. The molecule has 1 amide bonds. The Hall–Kier alpha value is -0.870. The molecule has 1 unspecified atom stereocenters. The predicted molar refractivity (Wildman–Crippen MR) is 83.3 cm³/mol. The van der Waals surface area contributed by atoms with Crippen LogP contribution >= 0.6 is 15.9 Å². The van der Waals surface area contributed by atoms with Crippen LogP contribution in [0.3, 0.4) is 0 Å². The number of benzene rings is 1. The van der Waals surface area contributed by atoms with Gasteiger partial charge in [-0.3, -0.25) is 4.79 Å². The maximum absolute atomic E-state index is 11.8. The highest BCUT2D eigenvalue weighted by Crippen LogP contribution is 2.20. The van der Waals surface area contributed by atoms with Crippen LogP contribution in [-0.2, 0) is 4.79 Å². The average Bonchev–Trinajstić information content (AvgIpc) is 2.39. The summed E-state index contributed by atoms with van der Waals surface area (Å²) in [5, 5.41) is 6.20. The predicted octanol–water partition coefficient (Wildman–Crippen LogP) is 3.06. The summed E-state index contributed by atoms with van der Waals surface area (Å²) in [5.41, 5.74) is 1.20. The molecule has 1 atom stereocenters. The average molecular weight is 327 g/mol. The number of halogens is 1. The number of carbonyl (C=O) groups is 1. The Morgan fingerprint density at radius 2 is 1.89 bits per heavy atom. The number of amides is 1. The van der Waals surface area contributed by atoms with Gasteiger partial charge in [-0.2, -0.15) is 0 Å². The van der Waals surface area contributed by atoms with E-state index < -0.39 is 0 Å². The molecule has 0 fully saturated rings. The van der Waals surface area contributed by atoms with Gasteiger partial charge in [0.25, 0.3) is 0 Å². The number of rotatable bonds is 8. The van der Waals surface area contributed by atoms with E-state index in [1.54, 1.807) is 0 Å². The fraction of sp³-hybridized carbons (Fsp3) is 0.533. The minimum atomic E-state index is 0.119.